The van der Waals surface area contributed by atoms with E-state index in [0.717, 1.165) is 26.6 Å². The summed E-state index contributed by atoms with van der Waals surface area (Å²) in [5, 5.41) is 3.31. The molecule has 0 spiro atoms. The van der Waals surface area contributed by atoms with Crippen molar-refractivity contribution in [2.45, 2.75) is 71.5 Å². The minimum Gasteiger partial charge on any atom is -0.350 e. The lowest BCUT2D eigenvalue weighted by atomic mass is 10.1. The summed E-state index contributed by atoms with van der Waals surface area (Å²) in [5.74, 6) is -0.856. The lowest BCUT2D eigenvalue weighted by Gasteiger charge is -2.33. The van der Waals surface area contributed by atoms with Gasteiger partial charge in [0.15, 0.2) is 0 Å². The Kier molecular flexibility index (Phi) is 9.69. The smallest absolute Gasteiger partial charge is 0.264 e. The number of carbonyl (C=O) groups excluding carboxylic acids is 2. The van der Waals surface area contributed by atoms with E-state index in [0.29, 0.717) is 5.02 Å². The molecule has 0 radical (unpaired) electrons. The first-order valence-corrected chi connectivity index (χ1v) is 14.9. The molecule has 2 amide bonds. The molecule has 214 valence electrons. The van der Waals surface area contributed by atoms with E-state index < -0.39 is 34.1 Å². The molecule has 0 saturated carbocycles. The van der Waals surface area contributed by atoms with Crippen LogP contribution in [-0.2, 0) is 26.2 Å². The quantitative estimate of drug-likeness (QED) is 0.345. The molecule has 7 nitrogen and oxygen atoms in total. The fraction of sp³-hybridized carbons (Fsp3) is 0.355. The van der Waals surface area contributed by atoms with Gasteiger partial charge in [0.1, 0.15) is 12.6 Å². The first-order chi connectivity index (χ1) is 18.6. The van der Waals surface area contributed by atoms with Crippen LogP contribution in [0.3, 0.4) is 0 Å². The molecular formula is C31H38ClN3O4S. The largest absolute Gasteiger partial charge is 0.350 e. The molecule has 0 aliphatic heterocycles. The molecule has 1 unspecified atom stereocenters. The number of halogens is 1. The molecule has 0 aliphatic carbocycles. The van der Waals surface area contributed by atoms with Gasteiger partial charge in [-0.1, -0.05) is 65.2 Å². The van der Waals surface area contributed by atoms with Crippen LogP contribution in [0, 0.1) is 20.8 Å². The number of aryl methyl sites for hydroxylation is 3. The second-order valence-electron chi connectivity index (χ2n) is 11.2. The molecule has 0 aliphatic rings. The topological polar surface area (TPSA) is 86.8 Å². The van der Waals surface area contributed by atoms with Crippen molar-refractivity contribution < 1.29 is 18.0 Å². The number of rotatable bonds is 9. The van der Waals surface area contributed by atoms with E-state index in [9.17, 15) is 18.0 Å². The second-order valence-corrected chi connectivity index (χ2v) is 13.5. The van der Waals surface area contributed by atoms with Crippen molar-refractivity contribution >= 4 is 39.1 Å². The molecule has 1 atom stereocenters. The average Bonchev–Trinajstić information content (AvgIpc) is 2.86. The zero-order valence-corrected chi connectivity index (χ0v) is 25.7. The first kappa shape index (κ1) is 31.2. The number of amides is 2. The van der Waals surface area contributed by atoms with Gasteiger partial charge >= 0.3 is 0 Å². The van der Waals surface area contributed by atoms with Gasteiger partial charge in [-0.05, 0) is 83.9 Å². The summed E-state index contributed by atoms with van der Waals surface area (Å²) >= 11 is 6.38. The standard InChI is InChI=1S/C31H38ClN3O4S/c1-21-11-15-27(16-12-21)40(38,39)35(26-14-13-23(3)28(32)18-26)20-29(36)34(19-25-10-8-9-22(2)17-25)24(4)30(37)33-31(5,6)7/h8-18,24H,19-20H2,1-7H3,(H,33,37). The third-order valence-electron chi connectivity index (χ3n) is 6.43. The minimum absolute atomic E-state index is 0.0476. The van der Waals surface area contributed by atoms with Gasteiger partial charge in [0.2, 0.25) is 11.8 Å². The highest BCUT2D eigenvalue weighted by Gasteiger charge is 2.33. The van der Waals surface area contributed by atoms with Crippen molar-refractivity contribution in [1.29, 1.82) is 0 Å². The lowest BCUT2D eigenvalue weighted by molar-refractivity contribution is -0.140. The molecule has 3 aromatic rings. The molecule has 0 saturated heterocycles. The van der Waals surface area contributed by atoms with Crippen molar-refractivity contribution in [3.8, 4) is 0 Å². The monoisotopic (exact) mass is 583 g/mol. The van der Waals surface area contributed by atoms with Crippen molar-refractivity contribution in [3.63, 3.8) is 0 Å². The summed E-state index contributed by atoms with van der Waals surface area (Å²) in [7, 11) is -4.16. The summed E-state index contributed by atoms with van der Waals surface area (Å²) in [6.07, 6.45) is 0. The summed E-state index contributed by atoms with van der Waals surface area (Å²) in [6.45, 7) is 12.5. The van der Waals surface area contributed by atoms with E-state index in [2.05, 4.69) is 5.32 Å². The Morgan fingerprint density at radius 2 is 1.57 bits per heavy atom. The number of carbonyl (C=O) groups is 2. The number of nitrogens with one attached hydrogen (secondary N) is 1. The van der Waals surface area contributed by atoms with E-state index in [1.807, 2.05) is 65.8 Å². The molecule has 0 fully saturated rings. The maximum Gasteiger partial charge on any atom is 0.264 e. The van der Waals surface area contributed by atoms with Gasteiger partial charge in [0.05, 0.1) is 10.6 Å². The molecule has 1 N–H and O–H groups in total. The Hall–Kier alpha value is -3.36. The Bertz CT molecular complexity index is 1480. The molecule has 0 bridgehead atoms. The normalized spacial score (nSPS) is 12.5. The van der Waals surface area contributed by atoms with Crippen molar-refractivity contribution in [2.75, 3.05) is 10.8 Å². The van der Waals surface area contributed by atoms with Crippen molar-refractivity contribution in [3.05, 3.63) is 94.0 Å². The van der Waals surface area contributed by atoms with Crippen LogP contribution in [-0.4, -0.2) is 43.3 Å². The lowest BCUT2D eigenvalue weighted by Crippen LogP contribution is -2.54. The molecule has 40 heavy (non-hydrogen) atoms. The maximum absolute atomic E-state index is 14.0. The molecular weight excluding hydrogens is 546 g/mol. The summed E-state index contributed by atoms with van der Waals surface area (Å²) in [5.41, 5.74) is 3.26. The highest BCUT2D eigenvalue weighted by atomic mass is 35.5. The van der Waals surface area contributed by atoms with Gasteiger partial charge in [-0.3, -0.25) is 13.9 Å². The summed E-state index contributed by atoms with van der Waals surface area (Å²) in [4.78, 5) is 28.7. The summed E-state index contributed by atoms with van der Waals surface area (Å²) < 4.78 is 28.9. The van der Waals surface area contributed by atoms with Crippen LogP contribution in [0.2, 0.25) is 5.02 Å². The Labute approximate surface area is 243 Å². The third-order valence-corrected chi connectivity index (χ3v) is 8.63. The molecule has 9 heteroatoms. The Morgan fingerprint density at radius 1 is 0.925 bits per heavy atom. The average molecular weight is 584 g/mol. The van der Waals surface area contributed by atoms with Crippen molar-refractivity contribution in [2.24, 2.45) is 0 Å². The van der Waals surface area contributed by atoms with Gasteiger partial charge in [-0.2, -0.15) is 0 Å². The predicted molar refractivity (Wildman–Crippen MR) is 161 cm³/mol. The van der Waals surface area contributed by atoms with E-state index in [-0.39, 0.29) is 23.0 Å². The zero-order chi connectivity index (χ0) is 29.8. The van der Waals surface area contributed by atoms with E-state index >= 15 is 0 Å². The molecule has 0 aromatic heterocycles. The van der Waals surface area contributed by atoms with E-state index in [1.54, 1.807) is 31.2 Å². The SMILES string of the molecule is Cc1ccc(S(=O)(=O)N(CC(=O)N(Cc2cccc(C)c2)C(C)C(=O)NC(C)(C)C)c2ccc(C)c(Cl)c2)cc1. The molecule has 3 rings (SSSR count). The van der Waals surface area contributed by atoms with Crippen LogP contribution < -0.4 is 9.62 Å². The first-order valence-electron chi connectivity index (χ1n) is 13.1. The van der Waals surface area contributed by atoms with Crippen molar-refractivity contribution in [1.82, 2.24) is 10.2 Å². The van der Waals surface area contributed by atoms with Gasteiger partial charge in [0, 0.05) is 17.1 Å². The Balaban J connectivity index is 2.07. The summed E-state index contributed by atoms with van der Waals surface area (Å²) in [6, 6.07) is 18.1. The fourth-order valence-electron chi connectivity index (χ4n) is 4.17. The maximum atomic E-state index is 14.0. The number of hydrogen-bond acceptors (Lipinski definition) is 4. The number of hydrogen-bond donors (Lipinski definition) is 1. The predicted octanol–water partition coefficient (Wildman–Crippen LogP) is 5.79. The fourth-order valence-corrected chi connectivity index (χ4v) is 5.75. The number of nitrogens with zero attached hydrogens (tertiary/aromatic N) is 2. The molecule has 0 heterocycles. The van der Waals surface area contributed by atoms with Crippen LogP contribution in [0.5, 0.6) is 0 Å². The van der Waals surface area contributed by atoms with Gasteiger partial charge < -0.3 is 10.2 Å². The van der Waals surface area contributed by atoms with Gasteiger partial charge in [0.25, 0.3) is 10.0 Å². The second kappa shape index (κ2) is 12.4. The minimum atomic E-state index is -4.16. The number of sulfonamides is 1. The highest BCUT2D eigenvalue weighted by molar-refractivity contribution is 7.92. The molecule has 3 aromatic carbocycles. The third kappa shape index (κ3) is 7.86. The number of anilines is 1. The van der Waals surface area contributed by atoms with Crippen LogP contribution in [0.1, 0.15) is 49.9 Å². The van der Waals surface area contributed by atoms with E-state index in [4.69, 9.17) is 11.6 Å². The van der Waals surface area contributed by atoms with Crippen LogP contribution >= 0.6 is 11.6 Å². The van der Waals surface area contributed by atoms with Crippen LogP contribution in [0.4, 0.5) is 5.69 Å². The van der Waals surface area contributed by atoms with Gasteiger partial charge in [-0.15, -0.1) is 0 Å². The number of benzene rings is 3. The van der Waals surface area contributed by atoms with E-state index in [1.165, 1.54) is 23.1 Å². The Morgan fingerprint density at radius 3 is 2.15 bits per heavy atom. The van der Waals surface area contributed by atoms with Crippen LogP contribution in [0.25, 0.3) is 0 Å². The van der Waals surface area contributed by atoms with Gasteiger partial charge in [-0.25, -0.2) is 8.42 Å². The van der Waals surface area contributed by atoms with Crippen LogP contribution in [0.15, 0.2) is 71.6 Å². The highest BCUT2D eigenvalue weighted by Crippen LogP contribution is 2.29. The zero-order valence-electron chi connectivity index (χ0n) is 24.2.